The molecular formula is C20H18ClF4N3. The molecule has 1 aliphatic heterocycles. The molecule has 1 aliphatic rings. The molecule has 1 unspecified atom stereocenters. The first kappa shape index (κ1) is 20.4. The molecule has 1 atom stereocenters. The molecule has 3 nitrogen and oxygen atoms in total. The predicted octanol–water partition coefficient (Wildman–Crippen LogP) is 5.08. The number of nitriles is 1. The number of nitrogens with zero attached hydrogens (tertiary/aromatic N) is 3. The summed E-state index contributed by atoms with van der Waals surface area (Å²) >= 11 is 6.15. The van der Waals surface area contributed by atoms with E-state index < -0.39 is 17.6 Å². The molecule has 0 amide bonds. The Hall–Kier alpha value is -2.30. The summed E-state index contributed by atoms with van der Waals surface area (Å²) in [5.41, 5.74) is -0.364. The molecule has 1 saturated heterocycles. The maximum atomic E-state index is 14.6. The van der Waals surface area contributed by atoms with E-state index in [2.05, 4.69) is 4.90 Å². The third-order valence-corrected chi connectivity index (χ3v) is 5.25. The standard InChI is InChI=1S/C20H18ClF4N3/c1-27-8-7-16(12-27)28(15-6-5-13(10-26)18(21)9-15)11-14-3-2-4-17(19(14)22)20(23,24)25/h2-6,9,16H,7-8,11-12H2,1H3. The van der Waals surface area contributed by atoms with Crippen molar-refractivity contribution in [3.05, 3.63) is 63.9 Å². The smallest absolute Gasteiger partial charge is 0.363 e. The normalized spacial score (nSPS) is 17.5. The SMILES string of the molecule is CN1CCC(N(Cc2cccc(C(F)(F)F)c2F)c2ccc(C#N)c(Cl)c2)C1. The summed E-state index contributed by atoms with van der Waals surface area (Å²) in [5.74, 6) is -1.26. The van der Waals surface area contributed by atoms with Crippen molar-refractivity contribution >= 4 is 17.3 Å². The van der Waals surface area contributed by atoms with E-state index in [0.29, 0.717) is 17.8 Å². The quantitative estimate of drug-likeness (QED) is 0.657. The van der Waals surface area contributed by atoms with Crippen LogP contribution in [0.4, 0.5) is 23.2 Å². The highest BCUT2D eigenvalue weighted by molar-refractivity contribution is 6.32. The summed E-state index contributed by atoms with van der Waals surface area (Å²) in [6.45, 7) is 1.49. The van der Waals surface area contributed by atoms with Crippen molar-refractivity contribution in [2.24, 2.45) is 0 Å². The zero-order valence-corrected chi connectivity index (χ0v) is 15.9. The molecule has 8 heteroatoms. The van der Waals surface area contributed by atoms with Gasteiger partial charge in [0.2, 0.25) is 0 Å². The minimum absolute atomic E-state index is 0.0112. The first-order valence-electron chi connectivity index (χ1n) is 8.70. The van der Waals surface area contributed by atoms with Gasteiger partial charge in [-0.15, -0.1) is 0 Å². The molecule has 0 bridgehead atoms. The minimum atomic E-state index is -4.75. The minimum Gasteiger partial charge on any atom is -0.363 e. The van der Waals surface area contributed by atoms with Crippen molar-refractivity contribution in [2.45, 2.75) is 25.2 Å². The Labute approximate surface area is 165 Å². The lowest BCUT2D eigenvalue weighted by atomic mass is 10.1. The molecule has 0 aromatic heterocycles. The van der Waals surface area contributed by atoms with Gasteiger partial charge in [-0.25, -0.2) is 4.39 Å². The molecule has 0 N–H and O–H groups in total. The third kappa shape index (κ3) is 4.23. The Balaban J connectivity index is 2.00. The van der Waals surface area contributed by atoms with Crippen LogP contribution in [0.5, 0.6) is 0 Å². The maximum absolute atomic E-state index is 14.6. The van der Waals surface area contributed by atoms with Crippen LogP contribution in [-0.4, -0.2) is 31.1 Å². The van der Waals surface area contributed by atoms with E-state index in [9.17, 15) is 17.6 Å². The van der Waals surface area contributed by atoms with Crippen molar-refractivity contribution in [3.8, 4) is 6.07 Å². The van der Waals surface area contributed by atoms with Gasteiger partial charge in [0, 0.05) is 30.4 Å². The van der Waals surface area contributed by atoms with E-state index >= 15 is 0 Å². The maximum Gasteiger partial charge on any atom is 0.419 e. The van der Waals surface area contributed by atoms with E-state index in [1.54, 1.807) is 18.2 Å². The van der Waals surface area contributed by atoms with Gasteiger partial charge in [-0.05, 0) is 44.3 Å². The molecule has 0 radical (unpaired) electrons. The van der Waals surface area contributed by atoms with E-state index in [-0.39, 0.29) is 23.2 Å². The average molecular weight is 412 g/mol. The predicted molar refractivity (Wildman–Crippen MR) is 99.7 cm³/mol. The number of likely N-dealkylation sites (tertiary alicyclic amines) is 1. The number of hydrogen-bond acceptors (Lipinski definition) is 3. The number of hydrogen-bond donors (Lipinski definition) is 0. The Morgan fingerprint density at radius 2 is 2.04 bits per heavy atom. The highest BCUT2D eigenvalue weighted by Crippen LogP contribution is 2.34. The van der Waals surface area contributed by atoms with Gasteiger partial charge >= 0.3 is 6.18 Å². The van der Waals surface area contributed by atoms with Gasteiger partial charge in [-0.3, -0.25) is 0 Å². The third-order valence-electron chi connectivity index (χ3n) is 4.94. The lowest BCUT2D eigenvalue weighted by molar-refractivity contribution is -0.140. The Morgan fingerprint density at radius 1 is 1.29 bits per heavy atom. The van der Waals surface area contributed by atoms with E-state index in [4.69, 9.17) is 16.9 Å². The molecule has 28 heavy (non-hydrogen) atoms. The van der Waals surface area contributed by atoms with Crippen molar-refractivity contribution in [1.82, 2.24) is 4.90 Å². The number of anilines is 1. The van der Waals surface area contributed by atoms with E-state index in [0.717, 1.165) is 19.0 Å². The molecule has 0 saturated carbocycles. The van der Waals surface area contributed by atoms with Gasteiger partial charge in [-0.1, -0.05) is 23.7 Å². The number of alkyl halides is 3. The molecule has 0 aliphatic carbocycles. The van der Waals surface area contributed by atoms with Gasteiger partial charge in [0.1, 0.15) is 11.9 Å². The van der Waals surface area contributed by atoms with Crippen LogP contribution in [0.25, 0.3) is 0 Å². The fraction of sp³-hybridized carbons (Fsp3) is 0.350. The van der Waals surface area contributed by atoms with Crippen LogP contribution in [0, 0.1) is 17.1 Å². The van der Waals surface area contributed by atoms with Crippen LogP contribution in [-0.2, 0) is 12.7 Å². The Kier molecular flexibility index (Phi) is 5.82. The van der Waals surface area contributed by atoms with E-state index in [1.165, 1.54) is 12.1 Å². The van der Waals surface area contributed by atoms with Crippen LogP contribution in [0.2, 0.25) is 5.02 Å². The summed E-state index contributed by atoms with van der Waals surface area (Å²) in [7, 11) is 1.95. The van der Waals surface area contributed by atoms with Gasteiger partial charge < -0.3 is 9.80 Å². The van der Waals surface area contributed by atoms with Crippen molar-refractivity contribution in [2.75, 3.05) is 25.0 Å². The summed E-state index contributed by atoms with van der Waals surface area (Å²) in [4.78, 5) is 3.96. The zero-order chi connectivity index (χ0) is 20.5. The molecule has 1 heterocycles. The molecular weight excluding hydrogens is 394 g/mol. The molecule has 148 valence electrons. The lowest BCUT2D eigenvalue weighted by Gasteiger charge is -2.32. The van der Waals surface area contributed by atoms with E-state index in [1.807, 2.05) is 18.0 Å². The number of likely N-dealkylation sites (N-methyl/N-ethyl adjacent to an activating group) is 1. The molecule has 0 spiro atoms. The Bertz CT molecular complexity index is 907. The molecule has 2 aromatic carbocycles. The topological polar surface area (TPSA) is 30.3 Å². The molecule has 3 rings (SSSR count). The summed E-state index contributed by atoms with van der Waals surface area (Å²) < 4.78 is 53.8. The second kappa shape index (κ2) is 7.98. The van der Waals surface area contributed by atoms with Crippen molar-refractivity contribution < 1.29 is 17.6 Å². The zero-order valence-electron chi connectivity index (χ0n) is 15.1. The van der Waals surface area contributed by atoms with Crippen LogP contribution < -0.4 is 4.90 Å². The fourth-order valence-electron chi connectivity index (χ4n) is 3.48. The monoisotopic (exact) mass is 411 g/mol. The number of rotatable bonds is 4. The largest absolute Gasteiger partial charge is 0.419 e. The van der Waals surface area contributed by atoms with Gasteiger partial charge in [0.05, 0.1) is 16.1 Å². The van der Waals surface area contributed by atoms with Crippen LogP contribution >= 0.6 is 11.6 Å². The first-order valence-corrected chi connectivity index (χ1v) is 9.08. The summed E-state index contributed by atoms with van der Waals surface area (Å²) in [5, 5.41) is 9.31. The highest BCUT2D eigenvalue weighted by Gasteiger charge is 2.35. The van der Waals surface area contributed by atoms with Gasteiger partial charge in [-0.2, -0.15) is 18.4 Å². The van der Waals surface area contributed by atoms with Gasteiger partial charge in [0.15, 0.2) is 0 Å². The second-order valence-electron chi connectivity index (χ2n) is 6.89. The first-order chi connectivity index (χ1) is 13.2. The number of benzene rings is 2. The fourth-order valence-corrected chi connectivity index (χ4v) is 3.69. The Morgan fingerprint density at radius 3 is 2.61 bits per heavy atom. The number of halogens is 5. The lowest BCUT2D eigenvalue weighted by Crippen LogP contribution is -2.37. The van der Waals surface area contributed by atoms with Crippen molar-refractivity contribution in [1.29, 1.82) is 5.26 Å². The summed E-state index contributed by atoms with van der Waals surface area (Å²) in [6.07, 6.45) is -3.97. The van der Waals surface area contributed by atoms with Crippen LogP contribution in [0.3, 0.4) is 0 Å². The van der Waals surface area contributed by atoms with Crippen LogP contribution in [0.1, 0.15) is 23.1 Å². The highest BCUT2D eigenvalue weighted by atomic mass is 35.5. The van der Waals surface area contributed by atoms with Gasteiger partial charge in [0.25, 0.3) is 0 Å². The summed E-state index contributed by atoms with van der Waals surface area (Å²) in [6, 6.07) is 10.1. The molecule has 2 aromatic rings. The van der Waals surface area contributed by atoms with Crippen molar-refractivity contribution in [3.63, 3.8) is 0 Å². The molecule has 1 fully saturated rings. The average Bonchev–Trinajstić information content (AvgIpc) is 3.06. The second-order valence-corrected chi connectivity index (χ2v) is 7.29. The van der Waals surface area contributed by atoms with Crippen LogP contribution in [0.15, 0.2) is 36.4 Å².